The largest absolute Gasteiger partial charge is 0.376 e. The maximum atomic E-state index is 9.16. The molecule has 0 bridgehead atoms. The maximum Gasteiger partial charge on any atom is 0.109 e. The summed E-state index contributed by atoms with van der Waals surface area (Å²) >= 11 is 0. The van der Waals surface area contributed by atoms with E-state index in [9.17, 15) is 0 Å². The van der Waals surface area contributed by atoms with Crippen LogP contribution < -0.4 is 5.32 Å². The minimum Gasteiger partial charge on any atom is -0.376 e. The van der Waals surface area contributed by atoms with Gasteiger partial charge in [-0.3, -0.25) is 0 Å². The van der Waals surface area contributed by atoms with Crippen molar-refractivity contribution in [2.45, 2.75) is 56.3 Å². The highest BCUT2D eigenvalue weighted by Gasteiger charge is 2.38. The zero-order valence-corrected chi connectivity index (χ0v) is 10.6. The third-order valence-electron chi connectivity index (χ3n) is 3.95. The molecule has 4 heteroatoms. The Morgan fingerprint density at radius 1 is 1.47 bits per heavy atom. The van der Waals surface area contributed by atoms with Crippen LogP contribution in [0.3, 0.4) is 0 Å². The second-order valence-corrected chi connectivity index (χ2v) is 5.13. The number of hydrogen-bond acceptors (Lipinski definition) is 4. The monoisotopic (exact) mass is 238 g/mol. The van der Waals surface area contributed by atoms with Crippen molar-refractivity contribution < 1.29 is 9.47 Å². The van der Waals surface area contributed by atoms with Crippen LogP contribution in [0.15, 0.2) is 0 Å². The number of rotatable bonds is 4. The second kappa shape index (κ2) is 5.81. The first kappa shape index (κ1) is 12.8. The molecule has 1 heterocycles. The van der Waals surface area contributed by atoms with Crippen molar-refractivity contribution in [2.75, 3.05) is 20.3 Å². The standard InChI is InChI=1S/C13H22N2O2/c1-15-13(10-14)6-5-11(8-13)17-9-12-4-2-3-7-16-12/h11-12,15H,2-9H2,1H3. The zero-order valence-electron chi connectivity index (χ0n) is 10.6. The molecule has 0 radical (unpaired) electrons. The minimum atomic E-state index is -0.363. The summed E-state index contributed by atoms with van der Waals surface area (Å²) in [6, 6.07) is 2.37. The number of ether oxygens (including phenoxy) is 2. The number of nitriles is 1. The van der Waals surface area contributed by atoms with Gasteiger partial charge >= 0.3 is 0 Å². The van der Waals surface area contributed by atoms with Crippen LogP contribution in [0.1, 0.15) is 38.5 Å². The Balaban J connectivity index is 1.72. The normalized spacial score (nSPS) is 37.9. The van der Waals surface area contributed by atoms with Gasteiger partial charge in [-0.2, -0.15) is 5.26 Å². The van der Waals surface area contributed by atoms with Crippen LogP contribution >= 0.6 is 0 Å². The van der Waals surface area contributed by atoms with Crippen LogP contribution in [-0.2, 0) is 9.47 Å². The van der Waals surface area contributed by atoms with Crippen LogP contribution in [0.5, 0.6) is 0 Å². The molecule has 2 fully saturated rings. The van der Waals surface area contributed by atoms with Gasteiger partial charge in [-0.1, -0.05) is 0 Å². The first-order valence-corrected chi connectivity index (χ1v) is 6.61. The summed E-state index contributed by atoms with van der Waals surface area (Å²) in [5.41, 5.74) is -0.363. The summed E-state index contributed by atoms with van der Waals surface area (Å²) in [4.78, 5) is 0. The molecule has 1 N–H and O–H groups in total. The third kappa shape index (κ3) is 3.19. The molecule has 1 saturated heterocycles. The fourth-order valence-corrected chi connectivity index (χ4v) is 2.71. The summed E-state index contributed by atoms with van der Waals surface area (Å²) in [6.45, 7) is 1.56. The van der Waals surface area contributed by atoms with Gasteiger partial charge in [-0.25, -0.2) is 0 Å². The van der Waals surface area contributed by atoms with E-state index in [2.05, 4.69) is 11.4 Å². The Morgan fingerprint density at radius 2 is 2.35 bits per heavy atom. The SMILES string of the molecule is CNC1(C#N)CCC(OCC2CCCCO2)C1. The molecule has 0 aromatic carbocycles. The van der Waals surface area contributed by atoms with E-state index >= 15 is 0 Å². The summed E-state index contributed by atoms with van der Waals surface area (Å²) in [5, 5.41) is 12.3. The maximum absolute atomic E-state index is 9.16. The van der Waals surface area contributed by atoms with Crippen molar-refractivity contribution in [2.24, 2.45) is 0 Å². The van der Waals surface area contributed by atoms with E-state index < -0.39 is 0 Å². The molecule has 3 atom stereocenters. The van der Waals surface area contributed by atoms with Crippen LogP contribution in [0, 0.1) is 11.3 Å². The van der Waals surface area contributed by atoms with Crippen molar-refractivity contribution in [3.63, 3.8) is 0 Å². The quantitative estimate of drug-likeness (QED) is 0.808. The molecule has 3 unspecified atom stereocenters. The Kier molecular flexibility index (Phi) is 4.38. The number of hydrogen-bond donors (Lipinski definition) is 1. The van der Waals surface area contributed by atoms with E-state index in [0.29, 0.717) is 6.61 Å². The lowest BCUT2D eigenvalue weighted by Gasteiger charge is -2.24. The van der Waals surface area contributed by atoms with Gasteiger partial charge < -0.3 is 14.8 Å². The van der Waals surface area contributed by atoms with Crippen molar-refractivity contribution >= 4 is 0 Å². The Morgan fingerprint density at radius 3 is 2.94 bits per heavy atom. The minimum absolute atomic E-state index is 0.215. The number of nitrogens with one attached hydrogen (secondary N) is 1. The fraction of sp³-hybridized carbons (Fsp3) is 0.923. The fourth-order valence-electron chi connectivity index (χ4n) is 2.71. The molecule has 1 aliphatic heterocycles. The van der Waals surface area contributed by atoms with Gasteiger partial charge in [0.05, 0.1) is 24.9 Å². The van der Waals surface area contributed by atoms with Gasteiger partial charge in [0.1, 0.15) is 5.54 Å². The predicted molar refractivity (Wildman–Crippen MR) is 64.6 cm³/mol. The average molecular weight is 238 g/mol. The Bertz CT molecular complexity index is 284. The molecule has 0 aromatic heterocycles. The highest BCUT2D eigenvalue weighted by Crippen LogP contribution is 2.31. The van der Waals surface area contributed by atoms with Crippen LogP contribution in [-0.4, -0.2) is 38.0 Å². The lowest BCUT2D eigenvalue weighted by atomic mass is 10.0. The first-order chi connectivity index (χ1) is 8.28. The van der Waals surface area contributed by atoms with Gasteiger partial charge in [0.15, 0.2) is 0 Å². The van der Waals surface area contributed by atoms with Gasteiger partial charge in [0.25, 0.3) is 0 Å². The second-order valence-electron chi connectivity index (χ2n) is 5.13. The molecule has 1 saturated carbocycles. The average Bonchev–Trinajstić information content (AvgIpc) is 2.82. The molecule has 2 aliphatic rings. The molecule has 0 spiro atoms. The van der Waals surface area contributed by atoms with E-state index in [0.717, 1.165) is 32.3 Å². The molecule has 1 aliphatic carbocycles. The van der Waals surface area contributed by atoms with E-state index in [-0.39, 0.29) is 17.7 Å². The molecule has 2 rings (SSSR count). The van der Waals surface area contributed by atoms with Crippen LogP contribution in [0.4, 0.5) is 0 Å². The lowest BCUT2D eigenvalue weighted by molar-refractivity contribution is -0.0619. The molecule has 17 heavy (non-hydrogen) atoms. The summed E-state index contributed by atoms with van der Waals surface area (Å²) in [6.07, 6.45) is 6.68. The lowest BCUT2D eigenvalue weighted by Crippen LogP contribution is -2.39. The van der Waals surface area contributed by atoms with E-state index in [1.54, 1.807) is 0 Å². The third-order valence-corrected chi connectivity index (χ3v) is 3.95. The van der Waals surface area contributed by atoms with E-state index in [4.69, 9.17) is 14.7 Å². The van der Waals surface area contributed by atoms with Crippen molar-refractivity contribution in [3.05, 3.63) is 0 Å². The summed E-state index contributed by atoms with van der Waals surface area (Å²) in [5.74, 6) is 0. The Hall–Kier alpha value is -0.630. The van der Waals surface area contributed by atoms with Gasteiger partial charge in [0.2, 0.25) is 0 Å². The molecule has 96 valence electrons. The molecule has 0 amide bonds. The van der Waals surface area contributed by atoms with E-state index in [1.807, 2.05) is 7.05 Å². The molecular weight excluding hydrogens is 216 g/mol. The van der Waals surface area contributed by atoms with Crippen LogP contribution in [0.2, 0.25) is 0 Å². The van der Waals surface area contributed by atoms with Crippen molar-refractivity contribution in [1.29, 1.82) is 5.26 Å². The summed E-state index contributed by atoms with van der Waals surface area (Å²) in [7, 11) is 1.86. The molecule has 0 aromatic rings. The van der Waals surface area contributed by atoms with Crippen molar-refractivity contribution in [1.82, 2.24) is 5.32 Å². The number of nitrogens with zero attached hydrogens (tertiary/aromatic N) is 1. The van der Waals surface area contributed by atoms with Crippen molar-refractivity contribution in [3.8, 4) is 6.07 Å². The Labute approximate surface area is 103 Å². The van der Waals surface area contributed by atoms with Gasteiger partial charge in [0, 0.05) is 13.0 Å². The highest BCUT2D eigenvalue weighted by atomic mass is 16.5. The van der Waals surface area contributed by atoms with E-state index in [1.165, 1.54) is 12.8 Å². The van der Waals surface area contributed by atoms with Gasteiger partial charge in [-0.15, -0.1) is 0 Å². The predicted octanol–water partition coefficient (Wildman–Crippen LogP) is 1.61. The zero-order chi connectivity index (χ0) is 12.1. The van der Waals surface area contributed by atoms with Gasteiger partial charge in [-0.05, 0) is 39.2 Å². The highest BCUT2D eigenvalue weighted by molar-refractivity contribution is 5.11. The smallest absolute Gasteiger partial charge is 0.109 e. The topological polar surface area (TPSA) is 54.3 Å². The molecular formula is C13H22N2O2. The summed E-state index contributed by atoms with van der Waals surface area (Å²) < 4.78 is 11.5. The molecule has 4 nitrogen and oxygen atoms in total. The van der Waals surface area contributed by atoms with Crippen LogP contribution in [0.25, 0.3) is 0 Å². The first-order valence-electron chi connectivity index (χ1n) is 6.61.